The van der Waals surface area contributed by atoms with E-state index in [2.05, 4.69) is 14.4 Å². The molecule has 0 bridgehead atoms. The Morgan fingerprint density at radius 3 is 2.45 bits per heavy atom. The molecule has 0 saturated heterocycles. The molecule has 0 spiro atoms. The van der Waals surface area contributed by atoms with Gasteiger partial charge in [-0.1, -0.05) is 13.8 Å². The number of sulfonamides is 1. The maximum Gasteiger partial charge on any atom is 0.324 e. The summed E-state index contributed by atoms with van der Waals surface area (Å²) < 4.78 is 31.0. The highest BCUT2D eigenvalue weighted by Gasteiger charge is 2.27. The van der Waals surface area contributed by atoms with Crippen molar-refractivity contribution >= 4 is 16.0 Å². The molecule has 0 saturated carbocycles. The van der Waals surface area contributed by atoms with E-state index in [1.54, 1.807) is 38.4 Å². The lowest BCUT2D eigenvalue weighted by atomic mass is 10.1. The lowest BCUT2D eigenvalue weighted by Crippen LogP contribution is -2.45. The van der Waals surface area contributed by atoms with E-state index >= 15 is 0 Å². The third-order valence-electron chi connectivity index (χ3n) is 2.84. The molecule has 7 heteroatoms. The second-order valence-electron chi connectivity index (χ2n) is 4.79. The molecule has 112 valence electrons. The van der Waals surface area contributed by atoms with Crippen LogP contribution in [0.1, 0.15) is 19.4 Å². The fourth-order valence-electron chi connectivity index (χ4n) is 1.64. The first-order chi connectivity index (χ1) is 9.35. The van der Waals surface area contributed by atoms with Gasteiger partial charge >= 0.3 is 5.97 Å². The van der Waals surface area contributed by atoms with Crippen molar-refractivity contribution in [1.82, 2.24) is 9.71 Å². The standard InChI is InChI=1S/C13H20N2O4S/c1-10(2)12(13(16)19-3)15-20(17,18)9-6-11-4-7-14-8-5-11/h4-5,7-8,10,12,15H,6,9H2,1-3H3. The van der Waals surface area contributed by atoms with Gasteiger partial charge in [0, 0.05) is 12.4 Å². The van der Waals surface area contributed by atoms with Crippen LogP contribution in [0.2, 0.25) is 0 Å². The first-order valence-corrected chi connectivity index (χ1v) is 7.97. The van der Waals surface area contributed by atoms with Crippen LogP contribution in [0.15, 0.2) is 24.5 Å². The number of esters is 1. The number of methoxy groups -OCH3 is 1. The molecule has 1 rings (SSSR count). The Labute approximate surface area is 119 Å². The molecule has 0 aliphatic carbocycles. The number of aromatic nitrogens is 1. The predicted octanol–water partition coefficient (Wildman–Crippen LogP) is 0.741. The van der Waals surface area contributed by atoms with E-state index in [-0.39, 0.29) is 11.7 Å². The molecule has 1 heterocycles. The summed E-state index contributed by atoms with van der Waals surface area (Å²) in [6.45, 7) is 3.51. The van der Waals surface area contributed by atoms with Crippen LogP contribution in [0.3, 0.4) is 0 Å². The zero-order valence-corrected chi connectivity index (χ0v) is 12.7. The Kier molecular flexibility index (Phi) is 6.09. The largest absolute Gasteiger partial charge is 0.468 e. The monoisotopic (exact) mass is 300 g/mol. The Hall–Kier alpha value is -1.47. The van der Waals surface area contributed by atoms with Gasteiger partial charge in [-0.25, -0.2) is 13.1 Å². The molecule has 20 heavy (non-hydrogen) atoms. The molecule has 1 N–H and O–H groups in total. The van der Waals surface area contributed by atoms with Crippen LogP contribution >= 0.6 is 0 Å². The van der Waals surface area contributed by atoms with Crippen LogP contribution in [0.5, 0.6) is 0 Å². The van der Waals surface area contributed by atoms with E-state index < -0.39 is 22.0 Å². The first kappa shape index (κ1) is 16.6. The minimum Gasteiger partial charge on any atom is -0.468 e. The molecule has 1 atom stereocenters. The van der Waals surface area contributed by atoms with Crippen LogP contribution in [0.4, 0.5) is 0 Å². The summed E-state index contributed by atoms with van der Waals surface area (Å²) in [7, 11) is -2.31. The van der Waals surface area contributed by atoms with Crippen LogP contribution in [-0.4, -0.2) is 38.3 Å². The van der Waals surface area contributed by atoms with Crippen molar-refractivity contribution in [3.8, 4) is 0 Å². The number of nitrogens with one attached hydrogen (secondary N) is 1. The molecular weight excluding hydrogens is 280 g/mol. The highest BCUT2D eigenvalue weighted by atomic mass is 32.2. The molecule has 1 aromatic heterocycles. The molecule has 0 fully saturated rings. The summed E-state index contributed by atoms with van der Waals surface area (Å²) in [5.41, 5.74) is 0.879. The quantitative estimate of drug-likeness (QED) is 0.751. The van der Waals surface area contributed by atoms with Crippen LogP contribution in [0.25, 0.3) is 0 Å². The van der Waals surface area contributed by atoms with Gasteiger partial charge in [-0.3, -0.25) is 9.78 Å². The van der Waals surface area contributed by atoms with Gasteiger partial charge in [0.05, 0.1) is 12.9 Å². The SMILES string of the molecule is COC(=O)C(NS(=O)(=O)CCc1ccncc1)C(C)C. The molecular formula is C13H20N2O4S. The van der Waals surface area contributed by atoms with Gasteiger partial charge in [-0.15, -0.1) is 0 Å². The number of carbonyl (C=O) groups excluding carboxylic acids is 1. The number of rotatable bonds is 7. The zero-order chi connectivity index (χ0) is 15.2. The van der Waals surface area contributed by atoms with Crippen molar-refractivity contribution in [2.45, 2.75) is 26.3 Å². The molecule has 0 aliphatic heterocycles. The van der Waals surface area contributed by atoms with Crippen molar-refractivity contribution in [3.05, 3.63) is 30.1 Å². The van der Waals surface area contributed by atoms with Crippen LogP contribution in [-0.2, 0) is 26.0 Å². The van der Waals surface area contributed by atoms with E-state index in [0.717, 1.165) is 5.56 Å². The molecule has 1 aromatic rings. The highest BCUT2D eigenvalue weighted by Crippen LogP contribution is 2.07. The number of hydrogen-bond acceptors (Lipinski definition) is 5. The molecule has 0 amide bonds. The summed E-state index contributed by atoms with van der Waals surface area (Å²) >= 11 is 0. The van der Waals surface area contributed by atoms with Crippen molar-refractivity contribution in [1.29, 1.82) is 0 Å². The van der Waals surface area contributed by atoms with E-state index in [4.69, 9.17) is 0 Å². The number of nitrogens with zero attached hydrogens (tertiary/aromatic N) is 1. The second kappa shape index (κ2) is 7.35. The smallest absolute Gasteiger partial charge is 0.324 e. The summed E-state index contributed by atoms with van der Waals surface area (Å²) in [6, 6.07) is 2.66. The normalized spacial score (nSPS) is 13.2. The average molecular weight is 300 g/mol. The maximum absolute atomic E-state index is 12.0. The number of pyridine rings is 1. The van der Waals surface area contributed by atoms with Crippen molar-refractivity contribution in [2.75, 3.05) is 12.9 Å². The lowest BCUT2D eigenvalue weighted by molar-refractivity contribution is -0.143. The fourth-order valence-corrected chi connectivity index (χ4v) is 3.01. The Bertz CT molecular complexity index is 529. The second-order valence-corrected chi connectivity index (χ2v) is 6.66. The summed E-state index contributed by atoms with van der Waals surface area (Å²) in [4.78, 5) is 15.4. The lowest BCUT2D eigenvalue weighted by Gasteiger charge is -2.19. The predicted molar refractivity (Wildman–Crippen MR) is 75.5 cm³/mol. The van der Waals surface area contributed by atoms with E-state index in [0.29, 0.717) is 6.42 Å². The first-order valence-electron chi connectivity index (χ1n) is 6.32. The Morgan fingerprint density at radius 2 is 1.95 bits per heavy atom. The highest BCUT2D eigenvalue weighted by molar-refractivity contribution is 7.89. The van der Waals surface area contributed by atoms with Crippen molar-refractivity contribution in [2.24, 2.45) is 5.92 Å². The number of carbonyl (C=O) groups is 1. The van der Waals surface area contributed by atoms with E-state index in [9.17, 15) is 13.2 Å². The summed E-state index contributed by atoms with van der Waals surface area (Å²) in [5.74, 6) is -0.845. The number of aryl methyl sites for hydroxylation is 1. The van der Waals surface area contributed by atoms with Gasteiger partial charge in [-0.2, -0.15) is 0 Å². The molecule has 0 aliphatic rings. The van der Waals surface area contributed by atoms with Gasteiger partial charge < -0.3 is 4.74 Å². The fraction of sp³-hybridized carbons (Fsp3) is 0.538. The maximum atomic E-state index is 12.0. The van der Waals surface area contributed by atoms with Crippen molar-refractivity contribution < 1.29 is 17.9 Å². The molecule has 6 nitrogen and oxygen atoms in total. The van der Waals surface area contributed by atoms with Gasteiger partial charge in [0.15, 0.2) is 0 Å². The van der Waals surface area contributed by atoms with Gasteiger partial charge in [0.1, 0.15) is 6.04 Å². The van der Waals surface area contributed by atoms with E-state index in [1.165, 1.54) is 7.11 Å². The third kappa shape index (κ3) is 5.26. The van der Waals surface area contributed by atoms with Crippen molar-refractivity contribution in [3.63, 3.8) is 0 Å². The molecule has 0 radical (unpaired) electrons. The minimum absolute atomic E-state index is 0.0861. The zero-order valence-electron chi connectivity index (χ0n) is 11.9. The Morgan fingerprint density at radius 1 is 1.35 bits per heavy atom. The third-order valence-corrected chi connectivity index (χ3v) is 4.19. The number of ether oxygens (including phenoxy) is 1. The summed E-state index contributed by atoms with van der Waals surface area (Å²) in [5, 5.41) is 0. The molecule has 1 unspecified atom stereocenters. The number of hydrogen-bond donors (Lipinski definition) is 1. The summed E-state index contributed by atoms with van der Waals surface area (Å²) in [6.07, 6.45) is 3.59. The Balaban J connectivity index is 2.66. The van der Waals surface area contributed by atoms with Crippen LogP contribution < -0.4 is 4.72 Å². The van der Waals surface area contributed by atoms with Gasteiger partial charge in [0.2, 0.25) is 10.0 Å². The van der Waals surface area contributed by atoms with Crippen LogP contribution in [0, 0.1) is 5.92 Å². The van der Waals surface area contributed by atoms with E-state index in [1.807, 2.05) is 0 Å². The minimum atomic E-state index is -3.55. The molecule has 0 aromatic carbocycles. The topological polar surface area (TPSA) is 85.4 Å². The van der Waals surface area contributed by atoms with Gasteiger partial charge in [-0.05, 0) is 30.0 Å². The average Bonchev–Trinajstić information content (AvgIpc) is 2.43. The van der Waals surface area contributed by atoms with Gasteiger partial charge in [0.25, 0.3) is 0 Å².